The van der Waals surface area contributed by atoms with Gasteiger partial charge < -0.3 is 14.2 Å². The maximum absolute atomic E-state index is 5.47. The van der Waals surface area contributed by atoms with Gasteiger partial charge in [0.05, 0.1) is 7.11 Å². The van der Waals surface area contributed by atoms with Gasteiger partial charge in [-0.25, -0.2) is 0 Å². The molecule has 3 heteroatoms. The molecule has 0 saturated carbocycles. The Morgan fingerprint density at radius 3 is 2.55 bits per heavy atom. The summed E-state index contributed by atoms with van der Waals surface area (Å²) in [5, 5.41) is 0. The molecule has 0 atom stereocenters. The van der Waals surface area contributed by atoms with E-state index < -0.39 is 5.79 Å². The molecule has 0 radical (unpaired) electrons. The predicted molar refractivity (Wildman–Crippen MR) is 89.8 cm³/mol. The average Bonchev–Trinajstić information content (AvgIpc) is 2.60. The number of ether oxygens (including phenoxy) is 3. The number of allylic oxidation sites excluding steroid dienone is 4. The molecule has 116 valence electrons. The lowest BCUT2D eigenvalue weighted by Gasteiger charge is -2.31. The Hall–Kier alpha value is -2.10. The molecule has 0 spiro atoms. The summed E-state index contributed by atoms with van der Waals surface area (Å²) >= 11 is 0. The molecule has 1 aromatic carbocycles. The monoisotopic (exact) mass is 298 g/mol. The van der Waals surface area contributed by atoms with E-state index in [4.69, 9.17) is 14.2 Å². The normalized spacial score (nSPS) is 17.0. The quantitative estimate of drug-likeness (QED) is 0.739. The van der Waals surface area contributed by atoms with Crippen LogP contribution in [0.5, 0.6) is 5.75 Å². The van der Waals surface area contributed by atoms with Gasteiger partial charge in [0.2, 0.25) is 0 Å². The molecule has 0 aliphatic heterocycles. The number of rotatable bonds is 6. The molecule has 0 aromatic heterocycles. The SMILES string of the molecule is C=CC1=C(C=Cc2cccc(OC)c2)C=CC(OC)(OC)C1. The van der Waals surface area contributed by atoms with Crippen molar-refractivity contribution in [2.75, 3.05) is 21.3 Å². The van der Waals surface area contributed by atoms with Gasteiger partial charge in [-0.2, -0.15) is 0 Å². The summed E-state index contributed by atoms with van der Waals surface area (Å²) in [4.78, 5) is 0. The molecule has 1 aliphatic rings. The number of hydrogen-bond donors (Lipinski definition) is 0. The molecule has 0 saturated heterocycles. The third-order valence-corrected chi connectivity index (χ3v) is 3.81. The molecule has 0 fully saturated rings. The van der Waals surface area contributed by atoms with Crippen LogP contribution < -0.4 is 4.74 Å². The summed E-state index contributed by atoms with van der Waals surface area (Å²) < 4.78 is 16.2. The molecule has 0 heterocycles. The van der Waals surface area contributed by atoms with Crippen LogP contribution in [0.2, 0.25) is 0 Å². The van der Waals surface area contributed by atoms with Crippen LogP contribution in [0.15, 0.2) is 66.3 Å². The summed E-state index contributed by atoms with van der Waals surface area (Å²) in [5.41, 5.74) is 3.27. The molecule has 22 heavy (non-hydrogen) atoms. The summed E-state index contributed by atoms with van der Waals surface area (Å²) in [6.07, 6.45) is 10.5. The van der Waals surface area contributed by atoms with Gasteiger partial charge in [0.15, 0.2) is 5.79 Å². The highest BCUT2D eigenvalue weighted by Gasteiger charge is 2.30. The Balaban J connectivity index is 2.24. The van der Waals surface area contributed by atoms with Crippen LogP contribution in [0, 0.1) is 0 Å². The zero-order valence-corrected chi connectivity index (χ0v) is 13.3. The first-order valence-electron chi connectivity index (χ1n) is 7.13. The van der Waals surface area contributed by atoms with Crippen molar-refractivity contribution in [1.29, 1.82) is 0 Å². The zero-order chi connectivity index (χ0) is 16.0. The van der Waals surface area contributed by atoms with Crippen LogP contribution in [0.1, 0.15) is 12.0 Å². The van der Waals surface area contributed by atoms with E-state index in [2.05, 4.69) is 18.7 Å². The minimum Gasteiger partial charge on any atom is -0.497 e. The summed E-state index contributed by atoms with van der Waals surface area (Å²) in [5.74, 6) is 0.147. The van der Waals surface area contributed by atoms with E-state index in [0.29, 0.717) is 6.42 Å². The molecule has 0 bridgehead atoms. The van der Waals surface area contributed by atoms with Crippen LogP contribution in [-0.4, -0.2) is 27.1 Å². The van der Waals surface area contributed by atoms with Crippen molar-refractivity contribution in [3.63, 3.8) is 0 Å². The average molecular weight is 298 g/mol. The predicted octanol–water partition coefficient (Wildman–Crippen LogP) is 4.14. The first-order chi connectivity index (χ1) is 10.7. The second-order valence-electron chi connectivity index (χ2n) is 5.02. The maximum Gasteiger partial charge on any atom is 0.191 e. The smallest absolute Gasteiger partial charge is 0.191 e. The lowest BCUT2D eigenvalue weighted by molar-refractivity contribution is -0.169. The van der Waals surface area contributed by atoms with Gasteiger partial charge in [-0.3, -0.25) is 0 Å². The Morgan fingerprint density at radius 2 is 1.91 bits per heavy atom. The van der Waals surface area contributed by atoms with E-state index in [-0.39, 0.29) is 0 Å². The van der Waals surface area contributed by atoms with Crippen LogP contribution >= 0.6 is 0 Å². The highest BCUT2D eigenvalue weighted by molar-refractivity contribution is 5.59. The van der Waals surface area contributed by atoms with Gasteiger partial charge in [-0.05, 0) is 34.9 Å². The van der Waals surface area contributed by atoms with Gasteiger partial charge in [-0.15, -0.1) is 0 Å². The highest BCUT2D eigenvalue weighted by atomic mass is 16.7. The van der Waals surface area contributed by atoms with E-state index in [1.54, 1.807) is 21.3 Å². The Labute approximate surface area is 132 Å². The topological polar surface area (TPSA) is 27.7 Å². The second kappa shape index (κ2) is 7.25. The summed E-state index contributed by atoms with van der Waals surface area (Å²) in [6, 6.07) is 7.93. The molecule has 0 unspecified atom stereocenters. The van der Waals surface area contributed by atoms with Gasteiger partial charge in [0.1, 0.15) is 5.75 Å². The van der Waals surface area contributed by atoms with Gasteiger partial charge in [0.25, 0.3) is 0 Å². The fraction of sp³-hybridized carbons (Fsp3) is 0.263. The maximum atomic E-state index is 5.47. The molecular formula is C19H22O3. The van der Waals surface area contributed by atoms with Crippen molar-refractivity contribution in [1.82, 2.24) is 0 Å². The Kier molecular flexibility index (Phi) is 5.36. The van der Waals surface area contributed by atoms with Crippen LogP contribution in [0.25, 0.3) is 6.08 Å². The van der Waals surface area contributed by atoms with Crippen molar-refractivity contribution in [2.24, 2.45) is 0 Å². The zero-order valence-electron chi connectivity index (χ0n) is 13.3. The van der Waals surface area contributed by atoms with Gasteiger partial charge in [0, 0.05) is 20.6 Å². The molecular weight excluding hydrogens is 276 g/mol. The van der Waals surface area contributed by atoms with Gasteiger partial charge in [-0.1, -0.05) is 43.0 Å². The van der Waals surface area contributed by atoms with E-state index in [1.807, 2.05) is 42.5 Å². The Morgan fingerprint density at radius 1 is 1.14 bits per heavy atom. The minimum absolute atomic E-state index is 0.637. The van der Waals surface area contributed by atoms with E-state index in [1.165, 1.54) is 0 Å². The molecule has 0 N–H and O–H groups in total. The molecule has 0 amide bonds. The van der Waals surface area contributed by atoms with Crippen LogP contribution in [-0.2, 0) is 9.47 Å². The molecule has 2 rings (SSSR count). The minimum atomic E-state index is -0.698. The van der Waals surface area contributed by atoms with Crippen molar-refractivity contribution in [3.05, 3.63) is 71.9 Å². The standard InChI is InChI=1S/C19H22O3/c1-5-16-14-19(21-3,22-4)12-11-17(16)10-9-15-7-6-8-18(13-15)20-2/h5-13H,1,14H2,2-4H3. The number of hydrogen-bond acceptors (Lipinski definition) is 3. The van der Waals surface area contributed by atoms with E-state index in [9.17, 15) is 0 Å². The van der Waals surface area contributed by atoms with Crippen LogP contribution in [0.4, 0.5) is 0 Å². The lowest BCUT2D eigenvalue weighted by atomic mass is 9.92. The van der Waals surface area contributed by atoms with E-state index >= 15 is 0 Å². The highest BCUT2D eigenvalue weighted by Crippen LogP contribution is 2.31. The van der Waals surface area contributed by atoms with Crippen LogP contribution in [0.3, 0.4) is 0 Å². The second-order valence-corrected chi connectivity index (χ2v) is 5.02. The Bertz CT molecular complexity index is 619. The van der Waals surface area contributed by atoms with Gasteiger partial charge >= 0.3 is 0 Å². The lowest BCUT2D eigenvalue weighted by Crippen LogP contribution is -2.33. The molecule has 1 aromatic rings. The third kappa shape index (κ3) is 3.56. The summed E-state index contributed by atoms with van der Waals surface area (Å²) in [7, 11) is 4.96. The number of benzene rings is 1. The third-order valence-electron chi connectivity index (χ3n) is 3.81. The van der Waals surface area contributed by atoms with E-state index in [0.717, 1.165) is 22.5 Å². The van der Waals surface area contributed by atoms with Crippen molar-refractivity contribution >= 4 is 6.08 Å². The van der Waals surface area contributed by atoms with Crippen molar-refractivity contribution in [3.8, 4) is 5.75 Å². The first-order valence-corrected chi connectivity index (χ1v) is 7.13. The first kappa shape index (κ1) is 16.3. The molecule has 1 aliphatic carbocycles. The van der Waals surface area contributed by atoms with Crippen molar-refractivity contribution in [2.45, 2.75) is 12.2 Å². The largest absolute Gasteiger partial charge is 0.497 e. The summed E-state index contributed by atoms with van der Waals surface area (Å²) in [6.45, 7) is 3.89. The fourth-order valence-electron chi connectivity index (χ4n) is 2.40. The van der Waals surface area contributed by atoms with Crippen molar-refractivity contribution < 1.29 is 14.2 Å². The molecule has 3 nitrogen and oxygen atoms in total. The number of methoxy groups -OCH3 is 3. The fourth-order valence-corrected chi connectivity index (χ4v) is 2.40.